The Morgan fingerprint density at radius 2 is 1.61 bits per heavy atom. The van der Waals surface area contributed by atoms with Gasteiger partial charge in [0.25, 0.3) is 0 Å². The molecule has 1 heterocycles. The number of alkyl carbamates (subject to hydrolysis) is 1. The van der Waals surface area contributed by atoms with Gasteiger partial charge in [-0.15, -0.1) is 0 Å². The summed E-state index contributed by atoms with van der Waals surface area (Å²) < 4.78 is 31.3. The van der Waals surface area contributed by atoms with Crippen molar-refractivity contribution in [2.24, 2.45) is 0 Å². The lowest BCUT2D eigenvalue weighted by atomic mass is 10.0. The minimum Gasteiger partial charge on any atom is -0.467 e. The number of carbonyl (C=O) groups excluding carboxylic acids is 4. The molecule has 1 amide bonds. The van der Waals surface area contributed by atoms with Crippen LogP contribution in [0, 0.1) is 0 Å². The van der Waals surface area contributed by atoms with Crippen LogP contribution < -0.4 is 5.32 Å². The van der Waals surface area contributed by atoms with E-state index in [2.05, 4.69) is 10.1 Å². The second kappa shape index (κ2) is 11.3. The third kappa shape index (κ3) is 6.66. The Morgan fingerprint density at radius 3 is 2.16 bits per heavy atom. The predicted octanol–water partition coefficient (Wildman–Crippen LogP) is 0.689. The molecule has 0 radical (unpaired) electrons. The average molecular weight is 439 g/mol. The van der Waals surface area contributed by atoms with Crippen LogP contribution in [0.3, 0.4) is 0 Å². The maximum Gasteiger partial charge on any atom is 0.407 e. The van der Waals surface area contributed by atoms with Crippen LogP contribution in [-0.4, -0.2) is 68.9 Å². The van der Waals surface area contributed by atoms with Crippen molar-refractivity contribution in [1.29, 1.82) is 0 Å². The zero-order valence-electron chi connectivity index (χ0n) is 17.6. The topological polar surface area (TPSA) is 136 Å². The van der Waals surface area contributed by atoms with Crippen LogP contribution in [0.15, 0.2) is 30.3 Å². The van der Waals surface area contributed by atoms with Crippen LogP contribution in [0.4, 0.5) is 4.79 Å². The SMILES string of the molecule is COC(=O)N[C@H](C(=O)OC)[C@H]1O[C@@H](OC(C)=O)[C@H](OC(C)=O)[C@H]1OCc1ccccc1. The molecule has 0 aromatic heterocycles. The molecule has 0 aliphatic carbocycles. The maximum absolute atomic E-state index is 12.4. The van der Waals surface area contributed by atoms with Gasteiger partial charge in [-0.2, -0.15) is 0 Å². The lowest BCUT2D eigenvalue weighted by Crippen LogP contribution is -2.54. The van der Waals surface area contributed by atoms with Gasteiger partial charge < -0.3 is 33.7 Å². The van der Waals surface area contributed by atoms with E-state index in [1.807, 2.05) is 18.2 Å². The second-order valence-corrected chi connectivity index (χ2v) is 6.55. The van der Waals surface area contributed by atoms with E-state index in [0.717, 1.165) is 33.6 Å². The van der Waals surface area contributed by atoms with Crippen LogP contribution in [0.1, 0.15) is 19.4 Å². The van der Waals surface area contributed by atoms with E-state index in [0.29, 0.717) is 0 Å². The molecule has 0 bridgehead atoms. The van der Waals surface area contributed by atoms with Gasteiger partial charge in [-0.25, -0.2) is 9.59 Å². The third-order valence-electron chi connectivity index (χ3n) is 4.32. The Morgan fingerprint density at radius 1 is 0.968 bits per heavy atom. The fraction of sp³-hybridized carbons (Fsp3) is 0.500. The first-order valence-corrected chi connectivity index (χ1v) is 9.34. The van der Waals surface area contributed by atoms with E-state index in [1.54, 1.807) is 12.1 Å². The molecular formula is C20H25NO10. The summed E-state index contributed by atoms with van der Waals surface area (Å²) >= 11 is 0. The minimum atomic E-state index is -1.41. The molecule has 11 nitrogen and oxygen atoms in total. The van der Waals surface area contributed by atoms with Crippen molar-refractivity contribution < 1.29 is 47.6 Å². The van der Waals surface area contributed by atoms with Crippen molar-refractivity contribution in [3.8, 4) is 0 Å². The van der Waals surface area contributed by atoms with E-state index in [9.17, 15) is 19.2 Å². The quantitative estimate of drug-likeness (QED) is 0.455. The van der Waals surface area contributed by atoms with Gasteiger partial charge in [-0.3, -0.25) is 9.59 Å². The van der Waals surface area contributed by atoms with Crippen LogP contribution in [0.5, 0.6) is 0 Å². The molecule has 1 aromatic carbocycles. The van der Waals surface area contributed by atoms with Crippen LogP contribution in [-0.2, 0) is 49.4 Å². The van der Waals surface area contributed by atoms with Gasteiger partial charge >= 0.3 is 24.0 Å². The predicted molar refractivity (Wildman–Crippen MR) is 102 cm³/mol. The van der Waals surface area contributed by atoms with Crippen LogP contribution >= 0.6 is 0 Å². The molecule has 11 heteroatoms. The summed E-state index contributed by atoms with van der Waals surface area (Å²) in [6.45, 7) is 2.37. The number of benzene rings is 1. The Labute approximate surface area is 178 Å². The number of rotatable bonds is 8. The number of hydrogen-bond acceptors (Lipinski definition) is 10. The van der Waals surface area contributed by atoms with E-state index in [1.165, 1.54) is 0 Å². The molecule has 1 aromatic rings. The summed E-state index contributed by atoms with van der Waals surface area (Å²) in [5, 5.41) is 2.31. The van der Waals surface area contributed by atoms with Gasteiger partial charge in [0.05, 0.1) is 20.8 Å². The number of carbonyl (C=O) groups is 4. The van der Waals surface area contributed by atoms with Crippen molar-refractivity contribution in [2.75, 3.05) is 14.2 Å². The zero-order chi connectivity index (χ0) is 23.0. The van der Waals surface area contributed by atoms with Crippen molar-refractivity contribution >= 4 is 24.0 Å². The first-order chi connectivity index (χ1) is 14.8. The van der Waals surface area contributed by atoms with Crippen LogP contribution in [0.25, 0.3) is 0 Å². The van der Waals surface area contributed by atoms with E-state index < -0.39 is 54.6 Å². The number of hydrogen-bond donors (Lipinski definition) is 1. The number of amides is 1. The van der Waals surface area contributed by atoms with Gasteiger partial charge in [-0.05, 0) is 5.56 Å². The van der Waals surface area contributed by atoms with Gasteiger partial charge in [0, 0.05) is 13.8 Å². The summed E-state index contributed by atoms with van der Waals surface area (Å²) in [6, 6.07) is 7.65. The highest BCUT2D eigenvalue weighted by atomic mass is 16.7. The molecule has 0 unspecified atom stereocenters. The second-order valence-electron chi connectivity index (χ2n) is 6.55. The largest absolute Gasteiger partial charge is 0.467 e. The first kappa shape index (κ1) is 24.1. The standard InChI is InChI=1S/C20H25NO10/c1-11(22)29-17-16(28-10-13-8-6-5-7-9-13)15(31-19(17)30-12(2)23)14(18(24)26-3)21-20(25)27-4/h5-9,14-17,19H,10H2,1-4H3,(H,21,25)/t14-,15+,16-,17+,19+/m0/s1. The maximum atomic E-state index is 12.4. The molecule has 1 N–H and O–H groups in total. The number of methoxy groups -OCH3 is 2. The molecule has 0 spiro atoms. The van der Waals surface area contributed by atoms with Crippen molar-refractivity contribution in [3.63, 3.8) is 0 Å². The van der Waals surface area contributed by atoms with Crippen LogP contribution in [0.2, 0.25) is 0 Å². The molecule has 31 heavy (non-hydrogen) atoms. The highest BCUT2D eigenvalue weighted by Crippen LogP contribution is 2.31. The molecule has 0 saturated carbocycles. The van der Waals surface area contributed by atoms with E-state index >= 15 is 0 Å². The highest BCUT2D eigenvalue weighted by Gasteiger charge is 2.54. The Bertz CT molecular complexity index is 783. The van der Waals surface area contributed by atoms with Gasteiger partial charge in [0.15, 0.2) is 12.1 Å². The Hall–Kier alpha value is -3.18. The monoisotopic (exact) mass is 439 g/mol. The van der Waals surface area contributed by atoms with Gasteiger partial charge in [0.2, 0.25) is 6.29 Å². The van der Waals surface area contributed by atoms with Crippen molar-refractivity contribution in [2.45, 2.75) is 51.1 Å². The number of nitrogens with one attached hydrogen (secondary N) is 1. The van der Waals surface area contributed by atoms with Crippen molar-refractivity contribution in [1.82, 2.24) is 5.32 Å². The molecule has 1 aliphatic heterocycles. The average Bonchev–Trinajstić information content (AvgIpc) is 3.05. The summed E-state index contributed by atoms with van der Waals surface area (Å²) in [5.41, 5.74) is 0.786. The third-order valence-corrected chi connectivity index (χ3v) is 4.32. The lowest BCUT2D eigenvalue weighted by Gasteiger charge is -2.27. The normalized spacial score (nSPS) is 23.4. The minimum absolute atomic E-state index is 0.0576. The number of ether oxygens (including phenoxy) is 6. The highest BCUT2D eigenvalue weighted by molar-refractivity contribution is 5.82. The number of esters is 3. The first-order valence-electron chi connectivity index (χ1n) is 9.34. The Kier molecular flexibility index (Phi) is 8.76. The fourth-order valence-corrected chi connectivity index (χ4v) is 3.04. The molecule has 5 atom stereocenters. The van der Waals surface area contributed by atoms with Crippen molar-refractivity contribution in [3.05, 3.63) is 35.9 Å². The molecule has 1 saturated heterocycles. The van der Waals surface area contributed by atoms with Gasteiger partial charge in [-0.1, -0.05) is 30.3 Å². The smallest absolute Gasteiger partial charge is 0.407 e. The lowest BCUT2D eigenvalue weighted by molar-refractivity contribution is -0.196. The summed E-state index contributed by atoms with van der Waals surface area (Å²) in [5.74, 6) is -2.26. The van der Waals surface area contributed by atoms with Gasteiger partial charge in [0.1, 0.15) is 12.2 Å². The zero-order valence-corrected chi connectivity index (χ0v) is 17.6. The molecular weight excluding hydrogens is 414 g/mol. The summed E-state index contributed by atoms with van der Waals surface area (Å²) in [4.78, 5) is 47.4. The fourth-order valence-electron chi connectivity index (χ4n) is 3.04. The molecule has 1 aliphatic rings. The van der Waals surface area contributed by atoms with E-state index in [-0.39, 0.29) is 6.61 Å². The summed E-state index contributed by atoms with van der Waals surface area (Å²) in [6.07, 6.45) is -5.85. The Balaban J connectivity index is 2.38. The van der Waals surface area contributed by atoms with E-state index in [4.69, 9.17) is 23.7 Å². The molecule has 1 fully saturated rings. The summed E-state index contributed by atoms with van der Waals surface area (Å²) in [7, 11) is 2.24. The molecule has 2 rings (SSSR count). The molecule has 170 valence electrons.